The minimum Gasteiger partial charge on any atom is -0.312 e. The molecule has 0 bridgehead atoms. The summed E-state index contributed by atoms with van der Waals surface area (Å²) in [6, 6.07) is 14.1. The standard InChI is InChI=1S/C15H16FNO2S/c1-17-15(12-6-3-2-4-7-12)11-20(18,19)14-9-5-8-13(16)10-14/h2-10,15,17H,11H2,1H3. The molecule has 0 saturated heterocycles. The van der Waals surface area contributed by atoms with E-state index in [9.17, 15) is 12.8 Å². The quantitative estimate of drug-likeness (QED) is 0.921. The number of sulfone groups is 1. The van der Waals surface area contributed by atoms with Crippen LogP contribution in [-0.4, -0.2) is 21.2 Å². The van der Waals surface area contributed by atoms with E-state index < -0.39 is 15.7 Å². The van der Waals surface area contributed by atoms with Crippen LogP contribution in [0.2, 0.25) is 0 Å². The Kier molecular flexibility index (Phi) is 4.52. The van der Waals surface area contributed by atoms with Gasteiger partial charge < -0.3 is 5.32 Å². The highest BCUT2D eigenvalue weighted by Gasteiger charge is 2.21. The van der Waals surface area contributed by atoms with E-state index in [1.165, 1.54) is 18.2 Å². The Bertz CT molecular complexity index is 671. The third kappa shape index (κ3) is 3.43. The van der Waals surface area contributed by atoms with Gasteiger partial charge in [0.15, 0.2) is 9.84 Å². The van der Waals surface area contributed by atoms with Crippen molar-refractivity contribution in [2.45, 2.75) is 10.9 Å². The second kappa shape index (κ2) is 6.15. The molecular weight excluding hydrogens is 277 g/mol. The molecule has 0 aliphatic rings. The molecule has 0 heterocycles. The van der Waals surface area contributed by atoms with Crippen LogP contribution in [0.5, 0.6) is 0 Å². The normalized spacial score (nSPS) is 13.1. The Balaban J connectivity index is 2.27. The molecular formula is C15H16FNO2S. The van der Waals surface area contributed by atoms with Crippen molar-refractivity contribution in [3.8, 4) is 0 Å². The molecule has 3 nitrogen and oxygen atoms in total. The van der Waals surface area contributed by atoms with E-state index in [2.05, 4.69) is 5.32 Å². The Morgan fingerprint density at radius 3 is 2.40 bits per heavy atom. The van der Waals surface area contributed by atoms with Crippen LogP contribution in [0.15, 0.2) is 59.5 Å². The van der Waals surface area contributed by atoms with E-state index in [-0.39, 0.29) is 16.7 Å². The van der Waals surface area contributed by atoms with Crippen LogP contribution >= 0.6 is 0 Å². The van der Waals surface area contributed by atoms with Gasteiger partial charge in [-0.05, 0) is 30.8 Å². The first-order chi connectivity index (χ1) is 9.53. The smallest absolute Gasteiger partial charge is 0.180 e. The molecule has 2 aromatic rings. The molecule has 1 N–H and O–H groups in total. The molecule has 2 aromatic carbocycles. The summed E-state index contributed by atoms with van der Waals surface area (Å²) in [5.41, 5.74) is 0.884. The lowest BCUT2D eigenvalue weighted by atomic mass is 10.1. The highest BCUT2D eigenvalue weighted by atomic mass is 32.2. The predicted molar refractivity (Wildman–Crippen MR) is 76.7 cm³/mol. The lowest BCUT2D eigenvalue weighted by Crippen LogP contribution is -2.25. The second-order valence-electron chi connectivity index (χ2n) is 4.49. The zero-order chi connectivity index (χ0) is 14.6. The average molecular weight is 293 g/mol. The molecule has 1 atom stereocenters. The average Bonchev–Trinajstić information content (AvgIpc) is 2.46. The van der Waals surface area contributed by atoms with E-state index in [4.69, 9.17) is 0 Å². The van der Waals surface area contributed by atoms with Gasteiger partial charge in [0.2, 0.25) is 0 Å². The van der Waals surface area contributed by atoms with Crippen LogP contribution in [0.3, 0.4) is 0 Å². The van der Waals surface area contributed by atoms with Gasteiger partial charge in [-0.15, -0.1) is 0 Å². The summed E-state index contributed by atoms with van der Waals surface area (Å²) >= 11 is 0. The highest BCUT2D eigenvalue weighted by Crippen LogP contribution is 2.20. The van der Waals surface area contributed by atoms with Gasteiger partial charge in [0.25, 0.3) is 0 Å². The third-order valence-corrected chi connectivity index (χ3v) is 4.84. The Morgan fingerprint density at radius 1 is 1.10 bits per heavy atom. The van der Waals surface area contributed by atoms with Gasteiger partial charge in [-0.3, -0.25) is 0 Å². The van der Waals surface area contributed by atoms with Gasteiger partial charge in [0.05, 0.1) is 10.6 Å². The fourth-order valence-corrected chi connectivity index (χ4v) is 3.58. The fraction of sp³-hybridized carbons (Fsp3) is 0.200. The first-order valence-electron chi connectivity index (χ1n) is 6.23. The summed E-state index contributed by atoms with van der Waals surface area (Å²) in [7, 11) is -1.84. The van der Waals surface area contributed by atoms with Crippen LogP contribution in [0.1, 0.15) is 11.6 Å². The van der Waals surface area contributed by atoms with Crippen LogP contribution in [-0.2, 0) is 9.84 Å². The molecule has 2 rings (SSSR count). The number of benzene rings is 2. The fourth-order valence-electron chi connectivity index (χ4n) is 2.01. The second-order valence-corrected chi connectivity index (χ2v) is 6.52. The summed E-state index contributed by atoms with van der Waals surface area (Å²) < 4.78 is 37.8. The van der Waals surface area contributed by atoms with E-state index in [1.807, 2.05) is 30.3 Å². The van der Waals surface area contributed by atoms with Gasteiger partial charge in [0, 0.05) is 6.04 Å². The van der Waals surface area contributed by atoms with E-state index >= 15 is 0 Å². The first kappa shape index (κ1) is 14.7. The molecule has 0 aromatic heterocycles. The molecule has 0 spiro atoms. The number of hydrogen-bond donors (Lipinski definition) is 1. The molecule has 0 fully saturated rings. The summed E-state index contributed by atoms with van der Waals surface area (Å²) in [5.74, 6) is -0.663. The van der Waals surface area contributed by atoms with E-state index in [0.717, 1.165) is 11.6 Å². The molecule has 0 amide bonds. The minimum absolute atomic E-state index is 0.00804. The van der Waals surface area contributed by atoms with Crippen LogP contribution in [0.4, 0.5) is 4.39 Å². The predicted octanol–water partition coefficient (Wildman–Crippen LogP) is 2.56. The Labute approximate surface area is 118 Å². The van der Waals surface area contributed by atoms with Crippen LogP contribution < -0.4 is 5.32 Å². The minimum atomic E-state index is -3.54. The Morgan fingerprint density at radius 2 is 1.80 bits per heavy atom. The Hall–Kier alpha value is -1.72. The number of nitrogens with one attached hydrogen (secondary N) is 1. The van der Waals surface area contributed by atoms with E-state index in [0.29, 0.717) is 0 Å². The SMILES string of the molecule is CNC(CS(=O)(=O)c1cccc(F)c1)c1ccccc1. The maximum Gasteiger partial charge on any atom is 0.180 e. The zero-order valence-corrected chi connectivity index (χ0v) is 11.9. The van der Waals surface area contributed by atoms with Gasteiger partial charge in [0.1, 0.15) is 5.82 Å². The van der Waals surface area contributed by atoms with E-state index in [1.54, 1.807) is 7.05 Å². The van der Waals surface area contributed by atoms with Crippen molar-refractivity contribution in [3.05, 3.63) is 66.0 Å². The monoisotopic (exact) mass is 293 g/mol. The summed E-state index contributed by atoms with van der Waals surface area (Å²) in [5, 5.41) is 2.99. The van der Waals surface area contributed by atoms with Crippen molar-refractivity contribution >= 4 is 9.84 Å². The molecule has 0 aliphatic carbocycles. The van der Waals surface area contributed by atoms with Gasteiger partial charge in [-0.2, -0.15) is 0 Å². The van der Waals surface area contributed by atoms with Crippen molar-refractivity contribution in [2.75, 3.05) is 12.8 Å². The molecule has 1 unspecified atom stereocenters. The highest BCUT2D eigenvalue weighted by molar-refractivity contribution is 7.91. The zero-order valence-electron chi connectivity index (χ0n) is 11.1. The molecule has 106 valence electrons. The molecule has 0 radical (unpaired) electrons. The van der Waals surface area contributed by atoms with Crippen LogP contribution in [0, 0.1) is 5.82 Å². The lowest BCUT2D eigenvalue weighted by Gasteiger charge is -2.16. The topological polar surface area (TPSA) is 46.2 Å². The number of hydrogen-bond acceptors (Lipinski definition) is 3. The maximum absolute atomic E-state index is 13.2. The molecule has 0 aliphatic heterocycles. The maximum atomic E-state index is 13.2. The van der Waals surface area contributed by atoms with Crippen molar-refractivity contribution in [1.82, 2.24) is 5.32 Å². The third-order valence-electron chi connectivity index (χ3n) is 3.09. The van der Waals surface area contributed by atoms with Gasteiger partial charge in [-0.25, -0.2) is 12.8 Å². The first-order valence-corrected chi connectivity index (χ1v) is 7.89. The molecule has 20 heavy (non-hydrogen) atoms. The lowest BCUT2D eigenvalue weighted by molar-refractivity contribution is 0.571. The summed E-state index contributed by atoms with van der Waals surface area (Å²) in [4.78, 5) is 0.00804. The summed E-state index contributed by atoms with van der Waals surface area (Å²) in [6.45, 7) is 0. The summed E-state index contributed by atoms with van der Waals surface area (Å²) in [6.07, 6.45) is 0. The van der Waals surface area contributed by atoms with Crippen LogP contribution in [0.25, 0.3) is 0 Å². The van der Waals surface area contributed by atoms with Crippen molar-refractivity contribution < 1.29 is 12.8 Å². The molecule has 0 saturated carbocycles. The number of rotatable bonds is 5. The van der Waals surface area contributed by atoms with Crippen molar-refractivity contribution in [3.63, 3.8) is 0 Å². The van der Waals surface area contributed by atoms with Crippen molar-refractivity contribution in [1.29, 1.82) is 0 Å². The largest absolute Gasteiger partial charge is 0.312 e. The molecule has 5 heteroatoms. The van der Waals surface area contributed by atoms with Gasteiger partial charge in [-0.1, -0.05) is 36.4 Å². The van der Waals surface area contributed by atoms with Crippen molar-refractivity contribution in [2.24, 2.45) is 0 Å². The number of halogens is 1. The van der Waals surface area contributed by atoms with Gasteiger partial charge >= 0.3 is 0 Å².